The van der Waals surface area contributed by atoms with E-state index in [0.717, 1.165) is 5.56 Å². The first kappa shape index (κ1) is 24.6. The standard InChI is InChI=1S/C25H28N4O5/c1-6-29-22(30)21(27-18-8-7-13-26-14-18)19(20(28-29)17-11-9-16(2)10-12-17)23(31)33-15-34-24(32)25(3,4)5/h7-14,27H,6,15H2,1-5H3. The number of hydrogen-bond acceptors (Lipinski definition) is 8. The molecule has 0 spiro atoms. The molecule has 0 unspecified atom stereocenters. The molecule has 0 amide bonds. The molecule has 2 heterocycles. The van der Waals surface area contributed by atoms with Crippen LogP contribution >= 0.6 is 0 Å². The van der Waals surface area contributed by atoms with Crippen LogP contribution in [0.1, 0.15) is 43.6 Å². The normalized spacial score (nSPS) is 11.1. The fraction of sp³-hybridized carbons (Fsp3) is 0.320. The lowest BCUT2D eigenvalue weighted by molar-refractivity contribution is -0.161. The summed E-state index contributed by atoms with van der Waals surface area (Å²) in [6.07, 6.45) is 3.13. The van der Waals surface area contributed by atoms with Crippen LogP contribution in [-0.2, 0) is 20.8 Å². The van der Waals surface area contributed by atoms with Gasteiger partial charge in [0, 0.05) is 18.3 Å². The van der Waals surface area contributed by atoms with Gasteiger partial charge in [0.2, 0.25) is 6.79 Å². The zero-order valence-electron chi connectivity index (χ0n) is 19.9. The molecule has 3 aromatic rings. The SMILES string of the molecule is CCn1nc(-c2ccc(C)cc2)c(C(=O)OCOC(=O)C(C)(C)C)c(Nc2cccnc2)c1=O. The summed E-state index contributed by atoms with van der Waals surface area (Å²) in [6.45, 7) is 8.50. The van der Waals surface area contributed by atoms with E-state index in [1.807, 2.05) is 31.2 Å². The van der Waals surface area contributed by atoms with Gasteiger partial charge in [-0.3, -0.25) is 14.6 Å². The predicted octanol–water partition coefficient (Wildman–Crippen LogP) is 4.08. The topological polar surface area (TPSA) is 112 Å². The molecule has 1 N–H and O–H groups in total. The highest BCUT2D eigenvalue weighted by Gasteiger charge is 2.27. The minimum absolute atomic E-state index is 0.00688. The van der Waals surface area contributed by atoms with Gasteiger partial charge in [0.1, 0.15) is 16.9 Å². The smallest absolute Gasteiger partial charge is 0.345 e. The van der Waals surface area contributed by atoms with E-state index in [1.54, 1.807) is 46.0 Å². The van der Waals surface area contributed by atoms with Gasteiger partial charge in [-0.1, -0.05) is 29.8 Å². The Labute approximate surface area is 197 Å². The van der Waals surface area contributed by atoms with Crippen LogP contribution in [0.3, 0.4) is 0 Å². The van der Waals surface area contributed by atoms with Crippen molar-refractivity contribution in [2.24, 2.45) is 5.41 Å². The average Bonchev–Trinajstić information content (AvgIpc) is 2.80. The summed E-state index contributed by atoms with van der Waals surface area (Å²) in [5, 5.41) is 7.43. The number of anilines is 2. The van der Waals surface area contributed by atoms with Crippen molar-refractivity contribution in [2.45, 2.75) is 41.2 Å². The Hall–Kier alpha value is -4.01. The summed E-state index contributed by atoms with van der Waals surface area (Å²) in [5.74, 6) is -1.37. The monoisotopic (exact) mass is 464 g/mol. The third-order valence-electron chi connectivity index (χ3n) is 4.91. The van der Waals surface area contributed by atoms with Crippen LogP contribution in [-0.4, -0.2) is 33.5 Å². The molecule has 9 nitrogen and oxygen atoms in total. The highest BCUT2D eigenvalue weighted by Crippen LogP contribution is 2.28. The van der Waals surface area contributed by atoms with E-state index in [4.69, 9.17) is 9.47 Å². The lowest BCUT2D eigenvalue weighted by Crippen LogP contribution is -2.29. The molecular formula is C25H28N4O5. The quantitative estimate of drug-likeness (QED) is 0.411. The second-order valence-electron chi connectivity index (χ2n) is 8.68. The average molecular weight is 465 g/mol. The van der Waals surface area contributed by atoms with Crippen molar-refractivity contribution in [1.29, 1.82) is 0 Å². The number of esters is 2. The number of carbonyl (C=O) groups excluding carboxylic acids is 2. The van der Waals surface area contributed by atoms with Gasteiger partial charge < -0.3 is 14.8 Å². The molecule has 9 heteroatoms. The molecule has 0 aliphatic heterocycles. The van der Waals surface area contributed by atoms with Gasteiger partial charge in [0.15, 0.2) is 0 Å². The summed E-state index contributed by atoms with van der Waals surface area (Å²) in [4.78, 5) is 42.5. The lowest BCUT2D eigenvalue weighted by atomic mass is 9.98. The van der Waals surface area contributed by atoms with Crippen molar-refractivity contribution in [2.75, 3.05) is 12.1 Å². The number of carbonyl (C=O) groups is 2. The van der Waals surface area contributed by atoms with E-state index in [0.29, 0.717) is 11.3 Å². The third kappa shape index (κ3) is 5.67. The van der Waals surface area contributed by atoms with Gasteiger partial charge in [-0.25, -0.2) is 9.48 Å². The fourth-order valence-corrected chi connectivity index (χ4v) is 3.02. The number of aromatic nitrogens is 3. The van der Waals surface area contributed by atoms with Gasteiger partial charge in [0.05, 0.1) is 17.3 Å². The maximum Gasteiger partial charge on any atom is 0.345 e. The molecule has 2 aromatic heterocycles. The van der Waals surface area contributed by atoms with Crippen LogP contribution in [0.2, 0.25) is 0 Å². The number of nitrogens with zero attached hydrogens (tertiary/aromatic N) is 3. The first-order chi connectivity index (χ1) is 16.1. The molecule has 34 heavy (non-hydrogen) atoms. The molecule has 3 rings (SSSR count). The number of aryl methyl sites for hydroxylation is 2. The maximum atomic E-state index is 13.2. The molecular weight excluding hydrogens is 436 g/mol. The Kier molecular flexibility index (Phi) is 7.45. The van der Waals surface area contributed by atoms with Gasteiger partial charge in [-0.05, 0) is 46.8 Å². The van der Waals surface area contributed by atoms with E-state index in [-0.39, 0.29) is 23.5 Å². The molecule has 0 bridgehead atoms. The zero-order valence-corrected chi connectivity index (χ0v) is 19.9. The van der Waals surface area contributed by atoms with E-state index in [9.17, 15) is 14.4 Å². The van der Waals surface area contributed by atoms with E-state index in [2.05, 4.69) is 15.4 Å². The summed E-state index contributed by atoms with van der Waals surface area (Å²) in [7, 11) is 0. The molecule has 0 saturated carbocycles. The first-order valence-electron chi connectivity index (χ1n) is 10.9. The van der Waals surface area contributed by atoms with Gasteiger partial charge >= 0.3 is 11.9 Å². The minimum atomic E-state index is -0.850. The lowest BCUT2D eigenvalue weighted by Gasteiger charge is -2.18. The maximum absolute atomic E-state index is 13.2. The molecule has 0 aliphatic rings. The Morgan fingerprint density at radius 1 is 1.09 bits per heavy atom. The molecule has 0 fully saturated rings. The fourth-order valence-electron chi connectivity index (χ4n) is 3.02. The number of ether oxygens (including phenoxy) is 2. The number of nitrogens with one attached hydrogen (secondary N) is 1. The Bertz CT molecular complexity index is 1230. The van der Waals surface area contributed by atoms with Crippen LogP contribution in [0.25, 0.3) is 11.3 Å². The summed E-state index contributed by atoms with van der Waals surface area (Å²) >= 11 is 0. The molecule has 0 radical (unpaired) electrons. The zero-order chi connectivity index (χ0) is 24.9. The molecule has 0 saturated heterocycles. The largest absolute Gasteiger partial charge is 0.427 e. The van der Waals surface area contributed by atoms with Crippen LogP contribution in [0.15, 0.2) is 53.6 Å². The summed E-state index contributed by atoms with van der Waals surface area (Å²) < 4.78 is 11.6. The Balaban J connectivity index is 2.10. The number of hydrogen-bond donors (Lipinski definition) is 1. The van der Waals surface area contributed by atoms with Gasteiger partial charge in [0.25, 0.3) is 5.56 Å². The van der Waals surface area contributed by atoms with Crippen molar-refractivity contribution in [3.8, 4) is 11.3 Å². The second-order valence-corrected chi connectivity index (χ2v) is 8.68. The van der Waals surface area contributed by atoms with E-state index in [1.165, 1.54) is 10.9 Å². The summed E-state index contributed by atoms with van der Waals surface area (Å²) in [6, 6.07) is 10.8. The van der Waals surface area contributed by atoms with Gasteiger partial charge in [-0.15, -0.1) is 0 Å². The Morgan fingerprint density at radius 2 is 1.79 bits per heavy atom. The summed E-state index contributed by atoms with van der Waals surface area (Å²) in [5.41, 5.74) is 1.11. The second kappa shape index (κ2) is 10.3. The minimum Gasteiger partial charge on any atom is -0.427 e. The molecule has 178 valence electrons. The van der Waals surface area contributed by atoms with E-state index >= 15 is 0 Å². The van der Waals surface area contributed by atoms with Crippen molar-refractivity contribution in [3.05, 3.63) is 70.3 Å². The molecule has 0 aliphatic carbocycles. The van der Waals surface area contributed by atoms with Crippen LogP contribution in [0.5, 0.6) is 0 Å². The number of benzene rings is 1. The number of pyridine rings is 1. The number of rotatable bonds is 7. The Morgan fingerprint density at radius 3 is 2.38 bits per heavy atom. The van der Waals surface area contributed by atoms with Crippen LogP contribution in [0, 0.1) is 12.3 Å². The van der Waals surface area contributed by atoms with Crippen molar-refractivity contribution in [3.63, 3.8) is 0 Å². The van der Waals surface area contributed by atoms with Crippen LogP contribution in [0.4, 0.5) is 11.4 Å². The van der Waals surface area contributed by atoms with Crippen molar-refractivity contribution >= 4 is 23.3 Å². The molecule has 1 aromatic carbocycles. The van der Waals surface area contributed by atoms with E-state index < -0.39 is 29.7 Å². The predicted molar refractivity (Wildman–Crippen MR) is 128 cm³/mol. The van der Waals surface area contributed by atoms with Crippen LogP contribution < -0.4 is 10.9 Å². The van der Waals surface area contributed by atoms with Crippen molar-refractivity contribution in [1.82, 2.24) is 14.8 Å². The van der Waals surface area contributed by atoms with Gasteiger partial charge in [-0.2, -0.15) is 5.10 Å². The highest BCUT2D eigenvalue weighted by molar-refractivity contribution is 6.02. The first-order valence-corrected chi connectivity index (χ1v) is 10.9. The highest BCUT2D eigenvalue weighted by atomic mass is 16.7. The van der Waals surface area contributed by atoms with Crippen molar-refractivity contribution < 1.29 is 19.1 Å². The third-order valence-corrected chi connectivity index (χ3v) is 4.91. The molecule has 0 atom stereocenters.